The topological polar surface area (TPSA) is 69.7 Å². The molecule has 0 aromatic carbocycles. The van der Waals surface area contributed by atoms with Gasteiger partial charge in [-0.15, -0.1) is 0 Å². The molecule has 122 valence electrons. The Morgan fingerprint density at radius 2 is 1.91 bits per heavy atom. The smallest absolute Gasteiger partial charge is 0.313 e. The van der Waals surface area contributed by atoms with Crippen molar-refractivity contribution < 1.29 is 23.9 Å². The van der Waals surface area contributed by atoms with Crippen LogP contribution in [-0.2, 0) is 23.9 Å². The molecular formula is C17H24O5. The summed E-state index contributed by atoms with van der Waals surface area (Å²) in [6.45, 7) is 7.65. The Morgan fingerprint density at radius 3 is 2.50 bits per heavy atom. The SMILES string of the molecule is CCOC(=O)CC1(C(=O)OCC)C[C@@]2(C)C[C@@H]1C=C(C)C2=O. The number of fused-ring (bicyclic) bond motifs is 2. The minimum absolute atomic E-state index is 0.0308. The number of ether oxygens (including phenoxy) is 2. The van der Waals surface area contributed by atoms with Crippen LogP contribution < -0.4 is 0 Å². The molecule has 0 aromatic rings. The largest absolute Gasteiger partial charge is 0.466 e. The molecule has 0 N–H and O–H groups in total. The van der Waals surface area contributed by atoms with Gasteiger partial charge in [0.2, 0.25) is 0 Å². The average Bonchev–Trinajstić information content (AvgIpc) is 2.68. The molecule has 0 radical (unpaired) electrons. The van der Waals surface area contributed by atoms with Crippen molar-refractivity contribution >= 4 is 17.7 Å². The van der Waals surface area contributed by atoms with Gasteiger partial charge in [0.05, 0.1) is 25.0 Å². The number of rotatable bonds is 5. The maximum Gasteiger partial charge on any atom is 0.313 e. The Morgan fingerprint density at radius 1 is 1.27 bits per heavy atom. The number of ketones is 1. The number of carbonyl (C=O) groups is 3. The van der Waals surface area contributed by atoms with Gasteiger partial charge in [-0.3, -0.25) is 14.4 Å². The number of Topliss-reactive ketones (excluding diaryl/α,β-unsaturated/α-hetero) is 1. The molecule has 2 rings (SSSR count). The van der Waals surface area contributed by atoms with Crippen molar-refractivity contribution in [1.29, 1.82) is 0 Å². The monoisotopic (exact) mass is 308 g/mol. The molecule has 0 amide bonds. The third kappa shape index (κ3) is 2.57. The molecule has 1 unspecified atom stereocenters. The minimum atomic E-state index is -0.982. The minimum Gasteiger partial charge on any atom is -0.466 e. The first-order valence-electron chi connectivity index (χ1n) is 7.85. The number of carbonyl (C=O) groups excluding carboxylic acids is 3. The first-order valence-corrected chi connectivity index (χ1v) is 7.85. The van der Waals surface area contributed by atoms with Crippen LogP contribution in [0.5, 0.6) is 0 Å². The lowest BCUT2D eigenvalue weighted by molar-refractivity contribution is -0.164. The second-order valence-electron chi connectivity index (χ2n) is 6.59. The molecule has 0 heterocycles. The van der Waals surface area contributed by atoms with Crippen molar-refractivity contribution in [3.63, 3.8) is 0 Å². The van der Waals surface area contributed by atoms with E-state index in [9.17, 15) is 14.4 Å². The summed E-state index contributed by atoms with van der Waals surface area (Å²) < 4.78 is 10.3. The van der Waals surface area contributed by atoms with E-state index in [0.717, 1.165) is 0 Å². The van der Waals surface area contributed by atoms with Gasteiger partial charge in [-0.1, -0.05) is 13.0 Å². The highest BCUT2D eigenvalue weighted by atomic mass is 16.5. The summed E-state index contributed by atoms with van der Waals surface area (Å²) in [5, 5.41) is 0. The summed E-state index contributed by atoms with van der Waals surface area (Å²) >= 11 is 0. The summed E-state index contributed by atoms with van der Waals surface area (Å²) in [6.07, 6.45) is 2.74. The van der Waals surface area contributed by atoms with Gasteiger partial charge in [0.25, 0.3) is 0 Å². The van der Waals surface area contributed by atoms with Crippen LogP contribution in [0.25, 0.3) is 0 Å². The molecule has 0 aromatic heterocycles. The second kappa shape index (κ2) is 5.86. The molecule has 0 aliphatic heterocycles. The summed E-state index contributed by atoms with van der Waals surface area (Å²) in [4.78, 5) is 37.1. The van der Waals surface area contributed by atoms with Gasteiger partial charge in [-0.2, -0.15) is 0 Å². The lowest BCUT2D eigenvalue weighted by atomic mass is 9.74. The van der Waals surface area contributed by atoms with Gasteiger partial charge >= 0.3 is 11.9 Å². The van der Waals surface area contributed by atoms with E-state index in [4.69, 9.17) is 9.47 Å². The fourth-order valence-electron chi connectivity index (χ4n) is 4.06. The van der Waals surface area contributed by atoms with E-state index in [2.05, 4.69) is 0 Å². The maximum atomic E-state index is 12.6. The van der Waals surface area contributed by atoms with Crippen molar-refractivity contribution in [2.75, 3.05) is 13.2 Å². The van der Waals surface area contributed by atoms with E-state index in [-0.39, 0.29) is 31.3 Å². The van der Waals surface area contributed by atoms with Crippen molar-refractivity contribution in [2.45, 2.75) is 47.0 Å². The molecule has 5 nitrogen and oxygen atoms in total. The normalized spacial score (nSPS) is 33.4. The molecule has 0 spiro atoms. The maximum absolute atomic E-state index is 12.6. The third-order valence-electron chi connectivity index (χ3n) is 4.89. The van der Waals surface area contributed by atoms with Gasteiger partial charge in [-0.25, -0.2) is 0 Å². The van der Waals surface area contributed by atoms with Crippen LogP contribution in [-0.4, -0.2) is 30.9 Å². The van der Waals surface area contributed by atoms with E-state index >= 15 is 0 Å². The van der Waals surface area contributed by atoms with Crippen molar-refractivity contribution in [3.05, 3.63) is 11.6 Å². The quantitative estimate of drug-likeness (QED) is 0.730. The fourth-order valence-corrected chi connectivity index (χ4v) is 4.06. The summed E-state index contributed by atoms with van der Waals surface area (Å²) in [7, 11) is 0. The zero-order valence-electron chi connectivity index (χ0n) is 13.7. The number of hydrogen-bond acceptors (Lipinski definition) is 5. The Bertz CT molecular complexity index is 535. The zero-order chi connectivity index (χ0) is 16.5. The molecule has 3 atom stereocenters. The fraction of sp³-hybridized carbons (Fsp3) is 0.706. The predicted molar refractivity (Wildman–Crippen MR) is 79.9 cm³/mol. The highest BCUT2D eigenvalue weighted by Gasteiger charge is 2.62. The molecule has 2 aliphatic rings. The van der Waals surface area contributed by atoms with Gasteiger partial charge < -0.3 is 9.47 Å². The molecule has 22 heavy (non-hydrogen) atoms. The first kappa shape index (κ1) is 16.7. The van der Waals surface area contributed by atoms with Crippen molar-refractivity contribution in [2.24, 2.45) is 16.7 Å². The first-order chi connectivity index (χ1) is 10.3. The predicted octanol–water partition coefficient (Wildman–Crippen LogP) is 2.43. The van der Waals surface area contributed by atoms with E-state index in [0.29, 0.717) is 18.4 Å². The third-order valence-corrected chi connectivity index (χ3v) is 4.89. The molecular weight excluding hydrogens is 284 g/mol. The number of hydrogen-bond donors (Lipinski definition) is 0. The molecule has 2 bridgehead atoms. The van der Waals surface area contributed by atoms with E-state index in [1.807, 2.05) is 13.0 Å². The van der Waals surface area contributed by atoms with Crippen LogP contribution in [0.1, 0.15) is 47.0 Å². The molecule has 0 saturated heterocycles. The Hall–Kier alpha value is -1.65. The van der Waals surface area contributed by atoms with Gasteiger partial charge in [0.15, 0.2) is 5.78 Å². The lowest BCUT2D eigenvalue weighted by Gasteiger charge is -2.30. The standard InChI is InChI=1S/C17H24O5/c1-5-21-13(18)9-17(15(20)22-6-2)10-16(4)8-12(17)7-11(3)14(16)19/h7,12H,5-6,8-10H2,1-4H3/t12-,16+,17?/m0/s1. The summed E-state index contributed by atoms with van der Waals surface area (Å²) in [5.41, 5.74) is -0.901. The van der Waals surface area contributed by atoms with Crippen LogP contribution in [0.2, 0.25) is 0 Å². The summed E-state index contributed by atoms with van der Waals surface area (Å²) in [5.74, 6) is -0.891. The van der Waals surface area contributed by atoms with Crippen molar-refractivity contribution in [3.8, 4) is 0 Å². The number of esters is 2. The highest BCUT2D eigenvalue weighted by molar-refractivity contribution is 6.02. The van der Waals surface area contributed by atoms with Crippen LogP contribution >= 0.6 is 0 Å². The van der Waals surface area contributed by atoms with E-state index in [1.54, 1.807) is 20.8 Å². The van der Waals surface area contributed by atoms with Crippen LogP contribution in [0.3, 0.4) is 0 Å². The Labute approximate surface area is 131 Å². The molecule has 1 saturated carbocycles. The Kier molecular flexibility index (Phi) is 4.45. The molecule has 5 heteroatoms. The highest BCUT2D eigenvalue weighted by Crippen LogP contribution is 2.60. The zero-order valence-corrected chi connectivity index (χ0v) is 13.7. The van der Waals surface area contributed by atoms with Crippen LogP contribution in [0.4, 0.5) is 0 Å². The second-order valence-corrected chi connectivity index (χ2v) is 6.59. The lowest BCUT2D eigenvalue weighted by Crippen LogP contribution is -2.38. The van der Waals surface area contributed by atoms with Crippen molar-refractivity contribution in [1.82, 2.24) is 0 Å². The van der Waals surface area contributed by atoms with Crippen LogP contribution in [0.15, 0.2) is 11.6 Å². The Balaban J connectivity index is 2.41. The average molecular weight is 308 g/mol. The molecule has 1 fully saturated rings. The van der Waals surface area contributed by atoms with E-state index < -0.39 is 22.8 Å². The van der Waals surface area contributed by atoms with Gasteiger partial charge in [0, 0.05) is 5.41 Å². The summed E-state index contributed by atoms with van der Waals surface area (Å²) in [6, 6.07) is 0. The number of allylic oxidation sites excluding steroid dienone is 2. The van der Waals surface area contributed by atoms with Gasteiger partial charge in [0.1, 0.15) is 0 Å². The van der Waals surface area contributed by atoms with E-state index in [1.165, 1.54) is 0 Å². The van der Waals surface area contributed by atoms with Crippen LogP contribution in [0, 0.1) is 16.7 Å². The molecule has 2 aliphatic carbocycles. The van der Waals surface area contributed by atoms with Gasteiger partial charge in [-0.05, 0) is 45.1 Å².